The van der Waals surface area contributed by atoms with Crippen molar-refractivity contribution in [2.75, 3.05) is 19.8 Å². The van der Waals surface area contributed by atoms with Crippen LogP contribution in [0.25, 0.3) is 0 Å². The maximum atomic E-state index is 7.58. The fraction of sp³-hybridized carbons (Fsp3) is 0.367. The SMILES string of the molecule is CC(C)C1=C[C@@]23CC[C@H]4[C@](C)(COP(c5ccccc5)c5ccccc5)CCC[C@]4(C)C2C[C@@H]1[C@@H](COP(c1ccccc1)c1ccccc1)[C@H]3COP(c1ccccc1)c1ccccc1. The van der Waals surface area contributed by atoms with Crippen LogP contribution in [0.5, 0.6) is 0 Å². The molecule has 1 spiro atoms. The lowest BCUT2D eigenvalue weighted by Gasteiger charge is -2.70. The molecule has 3 fully saturated rings. The van der Waals surface area contributed by atoms with Crippen LogP contribution in [-0.4, -0.2) is 19.8 Å². The molecule has 2 bridgehead atoms. The summed E-state index contributed by atoms with van der Waals surface area (Å²) in [6, 6.07) is 66.0. The normalized spacial score (nSPS) is 28.1. The molecule has 0 radical (unpaired) electrons. The van der Waals surface area contributed by atoms with E-state index in [0.29, 0.717) is 35.5 Å². The molecular formula is C60H67O3P3. The van der Waals surface area contributed by atoms with Gasteiger partial charge in [-0.3, -0.25) is 0 Å². The Hall–Kier alpha value is -3.77. The summed E-state index contributed by atoms with van der Waals surface area (Å²) in [5, 5.41) is 7.71. The van der Waals surface area contributed by atoms with Crippen LogP contribution in [0.15, 0.2) is 194 Å². The summed E-state index contributed by atoms with van der Waals surface area (Å²) in [5.41, 5.74) is 1.96. The van der Waals surface area contributed by atoms with E-state index in [1.807, 2.05) is 0 Å². The van der Waals surface area contributed by atoms with Gasteiger partial charge in [-0.15, -0.1) is 0 Å². The molecule has 0 N–H and O–H groups in total. The van der Waals surface area contributed by atoms with E-state index in [1.165, 1.54) is 70.4 Å². The fourth-order valence-electron chi connectivity index (χ4n) is 13.5. The number of rotatable bonds is 16. The highest BCUT2D eigenvalue weighted by atomic mass is 31.1. The fourth-order valence-corrected chi connectivity index (χ4v) is 19.0. The summed E-state index contributed by atoms with van der Waals surface area (Å²) < 4.78 is 22.4. The van der Waals surface area contributed by atoms with E-state index >= 15 is 0 Å². The van der Waals surface area contributed by atoms with Gasteiger partial charge in [-0.25, -0.2) is 0 Å². The first kappa shape index (κ1) is 46.0. The molecule has 3 nitrogen and oxygen atoms in total. The Morgan fingerprint density at radius 1 is 0.500 bits per heavy atom. The van der Waals surface area contributed by atoms with Crippen molar-refractivity contribution in [1.82, 2.24) is 0 Å². The smallest absolute Gasteiger partial charge is 0.0917 e. The zero-order chi connectivity index (χ0) is 45.1. The van der Waals surface area contributed by atoms with E-state index in [9.17, 15) is 0 Å². The lowest BCUT2D eigenvalue weighted by molar-refractivity contribution is -0.194. The first-order valence-electron chi connectivity index (χ1n) is 24.6. The van der Waals surface area contributed by atoms with Crippen LogP contribution < -0.4 is 31.8 Å². The molecule has 11 rings (SSSR count). The number of allylic oxidation sites excluding steroid dienone is 2. The molecule has 0 heterocycles. The van der Waals surface area contributed by atoms with Crippen LogP contribution in [0.3, 0.4) is 0 Å². The maximum absolute atomic E-state index is 7.58. The molecular weight excluding hydrogens is 862 g/mol. The van der Waals surface area contributed by atoms with E-state index in [-0.39, 0.29) is 16.2 Å². The topological polar surface area (TPSA) is 27.7 Å². The summed E-state index contributed by atoms with van der Waals surface area (Å²) >= 11 is 0. The predicted octanol–water partition coefficient (Wildman–Crippen LogP) is 13.2. The number of hydrogen-bond acceptors (Lipinski definition) is 3. The summed E-state index contributed by atoms with van der Waals surface area (Å²) in [4.78, 5) is 0. The lowest BCUT2D eigenvalue weighted by atomic mass is 9.34. The van der Waals surface area contributed by atoms with Gasteiger partial charge in [-0.05, 0) is 83.9 Å². The predicted molar refractivity (Wildman–Crippen MR) is 282 cm³/mol. The van der Waals surface area contributed by atoms with Crippen molar-refractivity contribution in [1.29, 1.82) is 0 Å². The van der Waals surface area contributed by atoms with Crippen LogP contribution in [-0.2, 0) is 13.6 Å². The molecule has 6 heteroatoms. The van der Waals surface area contributed by atoms with Gasteiger partial charge in [0.25, 0.3) is 0 Å². The van der Waals surface area contributed by atoms with Gasteiger partial charge in [0.2, 0.25) is 0 Å². The van der Waals surface area contributed by atoms with E-state index in [1.54, 1.807) is 5.57 Å². The molecule has 5 aliphatic rings. The zero-order valence-corrected chi connectivity index (χ0v) is 42.0. The van der Waals surface area contributed by atoms with Crippen molar-refractivity contribution in [2.45, 2.75) is 66.2 Å². The first-order valence-corrected chi connectivity index (χ1v) is 28.4. The van der Waals surface area contributed by atoms with Gasteiger partial charge in [0.1, 0.15) is 0 Å². The monoisotopic (exact) mass is 928 g/mol. The molecule has 0 aliphatic heterocycles. The van der Waals surface area contributed by atoms with Crippen molar-refractivity contribution in [3.8, 4) is 0 Å². The summed E-state index contributed by atoms with van der Waals surface area (Å²) in [6.07, 6.45) is 10.3. The van der Waals surface area contributed by atoms with Gasteiger partial charge in [0, 0.05) is 31.8 Å². The molecule has 0 aromatic heterocycles. The average Bonchev–Trinajstić information content (AvgIpc) is 3.36. The van der Waals surface area contributed by atoms with E-state index in [0.717, 1.165) is 19.8 Å². The standard InChI is InChI=1S/C60H67O3P3/c1-45(2)53-41-60-39-36-56-58(3,44-63-66(50-32-19-9-20-33-50)51-34-21-10-22-35-51)37-23-38-59(56,4)57(60)40-52(53)54(42-61-64(46-24-11-5-12-25-46)47-26-13-6-14-27-47)55(60)43-62-65(48-28-15-7-16-29-48)49-30-17-8-18-31-49/h5-22,24-35,41,45,52,54-57H,23,36-40,42-44H2,1-4H3/t52-,54+,55+,56-,57?,58-,59-,60+/m0/s1. The van der Waals surface area contributed by atoms with Gasteiger partial charge < -0.3 is 13.6 Å². The highest BCUT2D eigenvalue weighted by molar-refractivity contribution is 7.69. The molecule has 0 saturated heterocycles. The molecule has 340 valence electrons. The van der Waals surface area contributed by atoms with E-state index in [4.69, 9.17) is 13.6 Å². The minimum absolute atomic E-state index is 0.0179. The van der Waals surface area contributed by atoms with Crippen molar-refractivity contribution in [3.63, 3.8) is 0 Å². The van der Waals surface area contributed by atoms with Gasteiger partial charge in [0.15, 0.2) is 0 Å². The molecule has 5 aliphatic carbocycles. The van der Waals surface area contributed by atoms with E-state index < -0.39 is 24.4 Å². The molecule has 0 amide bonds. The second kappa shape index (κ2) is 20.1. The Balaban J connectivity index is 1.01. The van der Waals surface area contributed by atoms with Crippen molar-refractivity contribution in [3.05, 3.63) is 194 Å². The first-order chi connectivity index (χ1) is 32.3. The zero-order valence-electron chi connectivity index (χ0n) is 39.3. The van der Waals surface area contributed by atoms with Crippen molar-refractivity contribution in [2.24, 2.45) is 51.8 Å². The Morgan fingerprint density at radius 3 is 1.33 bits per heavy atom. The molecule has 66 heavy (non-hydrogen) atoms. The third kappa shape index (κ3) is 9.00. The Labute approximate surface area is 399 Å². The minimum Gasteiger partial charge on any atom is -0.349 e. The average molecular weight is 929 g/mol. The summed E-state index contributed by atoms with van der Waals surface area (Å²) in [7, 11) is -2.94. The van der Waals surface area contributed by atoms with Crippen LogP contribution in [0.4, 0.5) is 0 Å². The summed E-state index contributed by atoms with van der Waals surface area (Å²) in [6.45, 7) is 12.5. The van der Waals surface area contributed by atoms with Crippen LogP contribution in [0.1, 0.15) is 66.2 Å². The van der Waals surface area contributed by atoms with Crippen LogP contribution >= 0.6 is 24.4 Å². The Bertz CT molecular complexity index is 2390. The quantitative estimate of drug-likeness (QED) is 0.0715. The Kier molecular flexibility index (Phi) is 14.0. The maximum Gasteiger partial charge on any atom is 0.0917 e. The molecule has 3 saturated carbocycles. The van der Waals surface area contributed by atoms with Crippen LogP contribution in [0, 0.1) is 51.8 Å². The molecule has 6 aromatic carbocycles. The van der Waals surface area contributed by atoms with Crippen LogP contribution in [0.2, 0.25) is 0 Å². The second-order valence-corrected chi connectivity index (χ2v) is 26.1. The van der Waals surface area contributed by atoms with Crippen molar-refractivity contribution >= 4 is 56.3 Å². The van der Waals surface area contributed by atoms with Gasteiger partial charge in [0.05, 0.1) is 44.3 Å². The lowest BCUT2D eigenvalue weighted by Crippen LogP contribution is -2.65. The highest BCUT2D eigenvalue weighted by Crippen LogP contribution is 2.74. The number of hydrogen-bond donors (Lipinski definition) is 0. The number of fused-ring (bicyclic) bond motifs is 2. The van der Waals surface area contributed by atoms with Gasteiger partial charge in [-0.1, -0.05) is 228 Å². The molecule has 8 atom stereocenters. The third-order valence-electron chi connectivity index (χ3n) is 16.4. The molecule has 1 unspecified atom stereocenters. The largest absolute Gasteiger partial charge is 0.349 e. The third-order valence-corrected chi connectivity index (χ3v) is 22.2. The summed E-state index contributed by atoms with van der Waals surface area (Å²) in [5.74, 6) is 2.75. The minimum atomic E-state index is -1.02. The van der Waals surface area contributed by atoms with Gasteiger partial charge >= 0.3 is 0 Å². The van der Waals surface area contributed by atoms with E-state index in [2.05, 4.69) is 216 Å². The Morgan fingerprint density at radius 2 is 0.909 bits per heavy atom. The molecule has 6 aromatic rings. The second-order valence-electron chi connectivity index (χ2n) is 20.4. The van der Waals surface area contributed by atoms with Crippen molar-refractivity contribution < 1.29 is 13.6 Å². The van der Waals surface area contributed by atoms with Gasteiger partial charge in [-0.2, -0.15) is 0 Å². The number of benzene rings is 6. The highest BCUT2D eigenvalue weighted by Gasteiger charge is 2.67.